The highest BCUT2D eigenvalue weighted by molar-refractivity contribution is 6.28. The number of nitrogens with zero attached hydrogens (tertiary/aromatic N) is 3. The average Bonchev–Trinajstić information content (AvgIpc) is 2.68. The van der Waals surface area contributed by atoms with Gasteiger partial charge in [0.1, 0.15) is 5.82 Å². The number of rotatable bonds is 2. The van der Waals surface area contributed by atoms with Crippen LogP contribution in [-0.2, 0) is 0 Å². The molecule has 1 aromatic carbocycles. The third-order valence-electron chi connectivity index (χ3n) is 3.29. The Labute approximate surface area is 125 Å². The Balaban J connectivity index is 1.97. The summed E-state index contributed by atoms with van der Waals surface area (Å²) in [4.78, 5) is 32.9. The van der Waals surface area contributed by atoms with Crippen LogP contribution in [0.25, 0.3) is 0 Å². The maximum atomic E-state index is 12.0. The number of aromatic nitrogens is 2. The molecule has 3 rings (SSSR count). The predicted molar refractivity (Wildman–Crippen MR) is 77.9 cm³/mol. The lowest BCUT2D eigenvalue weighted by atomic mass is 10.1. The average molecular weight is 303 g/mol. The number of fused-ring (bicyclic) bond motifs is 1. The van der Waals surface area contributed by atoms with E-state index in [9.17, 15) is 9.59 Å². The molecule has 2 amide bonds. The molecule has 7 heteroatoms. The third-order valence-corrected chi connectivity index (χ3v) is 3.48. The van der Waals surface area contributed by atoms with Gasteiger partial charge in [-0.25, -0.2) is 9.97 Å². The summed E-state index contributed by atoms with van der Waals surface area (Å²) in [6, 6.07) is 4.98. The van der Waals surface area contributed by atoms with Crippen molar-refractivity contribution < 1.29 is 9.59 Å². The van der Waals surface area contributed by atoms with Crippen LogP contribution in [0.2, 0.25) is 5.28 Å². The summed E-state index contributed by atoms with van der Waals surface area (Å²) in [6.07, 6.45) is 1.60. The second-order valence-corrected chi connectivity index (χ2v) is 5.06. The van der Waals surface area contributed by atoms with Crippen LogP contribution in [0.15, 0.2) is 24.4 Å². The largest absolute Gasteiger partial charge is 0.340 e. The summed E-state index contributed by atoms with van der Waals surface area (Å²) < 4.78 is 0. The van der Waals surface area contributed by atoms with E-state index in [1.54, 1.807) is 24.4 Å². The van der Waals surface area contributed by atoms with Gasteiger partial charge in [-0.2, -0.15) is 0 Å². The molecule has 1 N–H and O–H groups in total. The molecule has 0 fully saturated rings. The lowest BCUT2D eigenvalue weighted by Gasteiger charge is -2.09. The monoisotopic (exact) mass is 302 g/mol. The van der Waals surface area contributed by atoms with Crippen LogP contribution in [-0.4, -0.2) is 33.7 Å². The first-order valence-electron chi connectivity index (χ1n) is 6.20. The van der Waals surface area contributed by atoms with Gasteiger partial charge in [-0.05, 0) is 36.7 Å². The Morgan fingerprint density at radius 2 is 1.90 bits per heavy atom. The Bertz CT molecular complexity index is 776. The normalized spacial score (nSPS) is 13.6. The summed E-state index contributed by atoms with van der Waals surface area (Å²) in [6.45, 7) is 1.84. The van der Waals surface area contributed by atoms with Crippen molar-refractivity contribution in [3.05, 3.63) is 46.4 Å². The number of imide groups is 1. The summed E-state index contributed by atoms with van der Waals surface area (Å²) in [5, 5.41) is 3.21. The molecular weight excluding hydrogens is 292 g/mol. The highest BCUT2D eigenvalue weighted by Gasteiger charge is 2.32. The molecule has 0 bridgehead atoms. The molecule has 0 saturated carbocycles. The molecule has 0 spiro atoms. The van der Waals surface area contributed by atoms with Gasteiger partial charge >= 0.3 is 0 Å². The van der Waals surface area contributed by atoms with Crippen molar-refractivity contribution in [1.29, 1.82) is 0 Å². The molecule has 6 nitrogen and oxygen atoms in total. The number of halogens is 1. The second-order valence-electron chi connectivity index (χ2n) is 4.73. The lowest BCUT2D eigenvalue weighted by Crippen LogP contribution is -2.24. The van der Waals surface area contributed by atoms with Crippen LogP contribution in [0.5, 0.6) is 0 Å². The van der Waals surface area contributed by atoms with Crippen LogP contribution in [0.1, 0.15) is 26.3 Å². The number of anilines is 2. The zero-order valence-electron chi connectivity index (χ0n) is 11.3. The van der Waals surface area contributed by atoms with Gasteiger partial charge in [-0.1, -0.05) is 0 Å². The molecule has 21 heavy (non-hydrogen) atoms. The van der Waals surface area contributed by atoms with Crippen molar-refractivity contribution in [3.8, 4) is 0 Å². The van der Waals surface area contributed by atoms with E-state index in [4.69, 9.17) is 11.6 Å². The minimum Gasteiger partial charge on any atom is -0.340 e. The van der Waals surface area contributed by atoms with Crippen molar-refractivity contribution in [3.63, 3.8) is 0 Å². The van der Waals surface area contributed by atoms with E-state index in [0.717, 1.165) is 10.5 Å². The first-order chi connectivity index (χ1) is 9.97. The quantitative estimate of drug-likeness (QED) is 0.681. The first kappa shape index (κ1) is 13.5. The number of carbonyl (C=O) groups excluding carboxylic acids is 2. The van der Waals surface area contributed by atoms with E-state index in [-0.39, 0.29) is 17.1 Å². The number of hydrogen-bond acceptors (Lipinski definition) is 5. The fraction of sp³-hybridized carbons (Fsp3) is 0.143. The van der Waals surface area contributed by atoms with Gasteiger partial charge in [-0.15, -0.1) is 0 Å². The number of carbonyl (C=O) groups is 2. The van der Waals surface area contributed by atoms with Crippen LogP contribution in [0.3, 0.4) is 0 Å². The molecule has 1 aromatic heterocycles. The van der Waals surface area contributed by atoms with E-state index in [2.05, 4.69) is 15.3 Å². The van der Waals surface area contributed by atoms with Gasteiger partial charge in [0.15, 0.2) is 0 Å². The van der Waals surface area contributed by atoms with Crippen LogP contribution in [0, 0.1) is 6.92 Å². The molecule has 0 saturated heterocycles. The van der Waals surface area contributed by atoms with E-state index in [1.807, 2.05) is 6.92 Å². The maximum absolute atomic E-state index is 12.0. The molecular formula is C14H11ClN4O2. The molecule has 2 aromatic rings. The minimum absolute atomic E-state index is 0.134. The zero-order valence-corrected chi connectivity index (χ0v) is 12.1. The van der Waals surface area contributed by atoms with Crippen LogP contribution in [0.4, 0.5) is 11.5 Å². The molecule has 2 heterocycles. The number of benzene rings is 1. The Morgan fingerprint density at radius 1 is 1.19 bits per heavy atom. The molecule has 1 aliphatic heterocycles. The van der Waals surface area contributed by atoms with E-state index < -0.39 is 0 Å². The summed E-state index contributed by atoms with van der Waals surface area (Å²) >= 11 is 5.77. The van der Waals surface area contributed by atoms with Crippen LogP contribution >= 0.6 is 11.6 Å². The first-order valence-corrected chi connectivity index (χ1v) is 6.58. The van der Waals surface area contributed by atoms with Crippen molar-refractivity contribution in [1.82, 2.24) is 14.9 Å². The zero-order chi connectivity index (χ0) is 15.1. The topological polar surface area (TPSA) is 75.2 Å². The smallest absolute Gasteiger partial charge is 0.261 e. The Morgan fingerprint density at radius 3 is 2.67 bits per heavy atom. The predicted octanol–water partition coefficient (Wildman–Crippen LogP) is 2.41. The molecule has 0 aliphatic carbocycles. The molecule has 0 radical (unpaired) electrons. The van der Waals surface area contributed by atoms with E-state index in [0.29, 0.717) is 22.6 Å². The summed E-state index contributed by atoms with van der Waals surface area (Å²) in [5.74, 6) is -0.0426. The van der Waals surface area contributed by atoms with Gasteiger partial charge in [0, 0.05) is 24.5 Å². The minimum atomic E-state index is -0.309. The fourth-order valence-electron chi connectivity index (χ4n) is 2.12. The van der Waals surface area contributed by atoms with Crippen molar-refractivity contribution in [2.45, 2.75) is 6.92 Å². The fourth-order valence-corrected chi connectivity index (χ4v) is 2.26. The third kappa shape index (κ3) is 2.23. The molecule has 0 unspecified atom stereocenters. The van der Waals surface area contributed by atoms with Gasteiger partial charge in [0.05, 0.1) is 11.1 Å². The van der Waals surface area contributed by atoms with E-state index >= 15 is 0 Å². The van der Waals surface area contributed by atoms with E-state index in [1.165, 1.54) is 7.05 Å². The molecule has 0 atom stereocenters. The maximum Gasteiger partial charge on any atom is 0.261 e. The number of hydrogen-bond donors (Lipinski definition) is 1. The van der Waals surface area contributed by atoms with Crippen molar-refractivity contribution in [2.24, 2.45) is 0 Å². The van der Waals surface area contributed by atoms with Gasteiger partial charge in [0.25, 0.3) is 11.8 Å². The SMILES string of the molecule is Cc1cnc(Cl)nc1Nc1ccc2c(c1)C(=O)N(C)C2=O. The van der Waals surface area contributed by atoms with Gasteiger partial charge < -0.3 is 5.32 Å². The van der Waals surface area contributed by atoms with Crippen molar-refractivity contribution in [2.75, 3.05) is 12.4 Å². The molecule has 1 aliphatic rings. The second kappa shape index (κ2) is 4.82. The summed E-state index contributed by atoms with van der Waals surface area (Å²) in [5.41, 5.74) is 2.26. The molecule has 106 valence electrons. The van der Waals surface area contributed by atoms with Crippen molar-refractivity contribution >= 4 is 34.9 Å². The summed E-state index contributed by atoms with van der Waals surface area (Å²) in [7, 11) is 1.46. The Kier molecular flexibility index (Phi) is 3.10. The van der Waals surface area contributed by atoms with Gasteiger partial charge in [-0.3, -0.25) is 14.5 Å². The number of amides is 2. The number of aryl methyl sites for hydroxylation is 1. The lowest BCUT2D eigenvalue weighted by molar-refractivity contribution is 0.0693. The highest BCUT2D eigenvalue weighted by atomic mass is 35.5. The van der Waals surface area contributed by atoms with Gasteiger partial charge in [0.2, 0.25) is 5.28 Å². The van der Waals surface area contributed by atoms with Crippen LogP contribution < -0.4 is 5.32 Å². The standard InChI is InChI=1S/C14H11ClN4O2/c1-7-6-16-14(15)18-11(7)17-8-3-4-9-10(5-8)13(21)19(2)12(9)20/h3-6H,1-2H3,(H,16,17,18). The number of nitrogens with one attached hydrogen (secondary N) is 1. The Hall–Kier alpha value is -2.47. The highest BCUT2D eigenvalue weighted by Crippen LogP contribution is 2.27.